The van der Waals surface area contributed by atoms with Crippen LogP contribution in [0.3, 0.4) is 0 Å². The van der Waals surface area contributed by atoms with Gasteiger partial charge in [0.1, 0.15) is 10.0 Å². The van der Waals surface area contributed by atoms with Gasteiger partial charge in [-0.15, -0.1) is 22.7 Å². The van der Waals surface area contributed by atoms with Crippen molar-refractivity contribution < 1.29 is 0 Å². The smallest absolute Gasteiger partial charge is 0.100 e. The van der Waals surface area contributed by atoms with E-state index in [1.54, 1.807) is 28.7 Å². The van der Waals surface area contributed by atoms with Gasteiger partial charge in [-0.3, -0.25) is 4.90 Å². The van der Waals surface area contributed by atoms with Crippen molar-refractivity contribution in [2.24, 2.45) is 0 Å². The molecule has 0 spiro atoms. The molecule has 0 saturated carbocycles. The average molecular weight is 259 g/mol. The predicted octanol–water partition coefficient (Wildman–Crippen LogP) is 5.20. The topological polar surface area (TPSA) is 3.24 Å². The number of anilines is 2. The van der Waals surface area contributed by atoms with Crippen molar-refractivity contribution in [1.82, 2.24) is 0 Å². The highest BCUT2D eigenvalue weighted by atomic mass is 32.1. The van der Waals surface area contributed by atoms with Gasteiger partial charge in [-0.2, -0.15) is 0 Å². The van der Waals surface area contributed by atoms with Crippen LogP contribution in [-0.4, -0.2) is 0 Å². The molecule has 2 aromatic rings. The number of thiophene rings is 2. The first-order valence-electron chi connectivity index (χ1n) is 5.24. The maximum absolute atomic E-state index is 3.65. The number of hydrogen-bond acceptors (Lipinski definition) is 3. The lowest BCUT2D eigenvalue weighted by Gasteiger charge is -2.15. The molecule has 0 unspecified atom stereocenters. The normalized spacial score (nSPS) is 11.3. The molecular weight excluding hydrogens is 246 g/mol. The quantitative estimate of drug-likeness (QED) is 0.667. The van der Waals surface area contributed by atoms with Gasteiger partial charge in [0.15, 0.2) is 0 Å². The second kappa shape index (κ2) is 6.23. The van der Waals surface area contributed by atoms with E-state index in [0.717, 1.165) is 0 Å². The van der Waals surface area contributed by atoms with Crippen molar-refractivity contribution in [2.75, 3.05) is 4.90 Å². The third-order valence-electron chi connectivity index (χ3n) is 2.08. The molecule has 0 aromatic carbocycles. The monoisotopic (exact) mass is 259 g/mol. The summed E-state index contributed by atoms with van der Waals surface area (Å²) in [5.74, 6) is 0. The van der Waals surface area contributed by atoms with Crippen LogP contribution in [0, 0.1) is 0 Å². The van der Waals surface area contributed by atoms with E-state index in [9.17, 15) is 0 Å². The maximum Gasteiger partial charge on any atom is 0.100 e. The van der Waals surface area contributed by atoms with Gasteiger partial charge in [0.2, 0.25) is 0 Å². The second-order valence-electron chi connectivity index (χ2n) is 3.23. The first-order chi connectivity index (χ1) is 8.42. The van der Waals surface area contributed by atoms with Crippen LogP contribution in [0.2, 0.25) is 0 Å². The Morgan fingerprint density at radius 2 is 1.59 bits per heavy atom. The van der Waals surface area contributed by atoms with Crippen LogP contribution in [0.15, 0.2) is 72.1 Å². The Labute approximate surface area is 110 Å². The van der Waals surface area contributed by atoms with Crippen molar-refractivity contribution >= 4 is 32.7 Å². The molecule has 0 fully saturated rings. The molecule has 0 aliphatic rings. The molecule has 0 radical (unpaired) electrons. The number of allylic oxidation sites excluding steroid dienone is 4. The molecule has 3 heteroatoms. The van der Waals surface area contributed by atoms with Crippen LogP contribution < -0.4 is 4.90 Å². The molecule has 0 atom stereocenters. The van der Waals surface area contributed by atoms with E-state index in [1.165, 1.54) is 10.0 Å². The number of nitrogens with zero attached hydrogens (tertiary/aromatic N) is 1. The zero-order valence-corrected chi connectivity index (χ0v) is 11.0. The summed E-state index contributed by atoms with van der Waals surface area (Å²) in [6, 6.07) is 8.36. The molecule has 0 N–H and O–H groups in total. The summed E-state index contributed by atoms with van der Waals surface area (Å²) in [7, 11) is 0. The molecule has 2 heterocycles. The van der Waals surface area contributed by atoms with Gasteiger partial charge in [0.25, 0.3) is 0 Å². The highest BCUT2D eigenvalue weighted by Crippen LogP contribution is 2.32. The van der Waals surface area contributed by atoms with E-state index < -0.39 is 0 Å². The van der Waals surface area contributed by atoms with Crippen molar-refractivity contribution in [3.05, 3.63) is 72.1 Å². The van der Waals surface area contributed by atoms with E-state index in [2.05, 4.69) is 52.7 Å². The SMILES string of the molecule is C=C/C=C\C=C/N(c1cccs1)c1cccs1. The molecule has 0 aliphatic carbocycles. The average Bonchev–Trinajstić information content (AvgIpc) is 3.02. The third kappa shape index (κ3) is 3.19. The maximum atomic E-state index is 3.65. The van der Waals surface area contributed by atoms with E-state index >= 15 is 0 Å². The van der Waals surface area contributed by atoms with Crippen molar-refractivity contribution in [3.8, 4) is 0 Å². The molecular formula is C14H13NS2. The fourth-order valence-corrected chi connectivity index (χ4v) is 2.86. The van der Waals surface area contributed by atoms with Gasteiger partial charge in [0, 0.05) is 6.20 Å². The first-order valence-corrected chi connectivity index (χ1v) is 7.00. The van der Waals surface area contributed by atoms with E-state index in [-0.39, 0.29) is 0 Å². The lowest BCUT2D eigenvalue weighted by molar-refractivity contribution is 1.36. The Bertz CT molecular complexity index is 458. The van der Waals surface area contributed by atoms with Gasteiger partial charge in [0.05, 0.1) is 0 Å². The standard InChI is InChI=1S/C14H13NS2/c1-2-3-4-5-10-15(13-8-6-11-16-13)14-9-7-12-17-14/h2-12H,1H2/b4-3-,10-5-. The highest BCUT2D eigenvalue weighted by molar-refractivity contribution is 7.16. The Morgan fingerprint density at radius 3 is 2.06 bits per heavy atom. The van der Waals surface area contributed by atoms with Crippen LogP contribution in [0.5, 0.6) is 0 Å². The van der Waals surface area contributed by atoms with Crippen molar-refractivity contribution in [2.45, 2.75) is 0 Å². The zero-order valence-electron chi connectivity index (χ0n) is 9.32. The van der Waals surface area contributed by atoms with Gasteiger partial charge in [-0.25, -0.2) is 0 Å². The summed E-state index contributed by atoms with van der Waals surface area (Å²) in [5.41, 5.74) is 0. The Kier molecular flexibility index (Phi) is 4.36. The van der Waals surface area contributed by atoms with Gasteiger partial charge < -0.3 is 0 Å². The molecule has 0 saturated heterocycles. The van der Waals surface area contributed by atoms with E-state index in [4.69, 9.17) is 0 Å². The van der Waals surface area contributed by atoms with E-state index in [1.807, 2.05) is 18.2 Å². The summed E-state index contributed by atoms with van der Waals surface area (Å²) in [6.45, 7) is 3.65. The minimum Gasteiger partial charge on any atom is -0.300 e. The van der Waals surface area contributed by atoms with E-state index in [0.29, 0.717) is 0 Å². The minimum atomic E-state index is 1.22. The van der Waals surface area contributed by atoms with Gasteiger partial charge in [-0.05, 0) is 41.1 Å². The Balaban J connectivity index is 2.23. The lowest BCUT2D eigenvalue weighted by atomic mass is 10.4. The minimum absolute atomic E-state index is 1.22. The van der Waals surface area contributed by atoms with Crippen LogP contribution >= 0.6 is 22.7 Å². The van der Waals surface area contributed by atoms with Gasteiger partial charge in [-0.1, -0.05) is 24.8 Å². The molecule has 2 rings (SSSR count). The van der Waals surface area contributed by atoms with Crippen LogP contribution in [0.1, 0.15) is 0 Å². The molecule has 2 aromatic heterocycles. The number of rotatable bonds is 5. The third-order valence-corrected chi connectivity index (χ3v) is 3.82. The molecule has 0 aliphatic heterocycles. The fourth-order valence-electron chi connectivity index (χ4n) is 1.35. The van der Waals surface area contributed by atoms with Crippen molar-refractivity contribution in [3.63, 3.8) is 0 Å². The second-order valence-corrected chi connectivity index (χ2v) is 5.09. The van der Waals surface area contributed by atoms with Crippen LogP contribution in [0.4, 0.5) is 10.0 Å². The molecule has 0 amide bonds. The zero-order chi connectivity index (χ0) is 11.9. The van der Waals surface area contributed by atoms with Gasteiger partial charge >= 0.3 is 0 Å². The summed E-state index contributed by atoms with van der Waals surface area (Å²) in [4.78, 5) is 2.18. The van der Waals surface area contributed by atoms with Crippen LogP contribution in [-0.2, 0) is 0 Å². The predicted molar refractivity (Wildman–Crippen MR) is 79.3 cm³/mol. The molecule has 0 bridgehead atoms. The molecule has 1 nitrogen and oxygen atoms in total. The first kappa shape index (κ1) is 11.9. The Morgan fingerprint density at radius 1 is 0.941 bits per heavy atom. The highest BCUT2D eigenvalue weighted by Gasteiger charge is 2.06. The summed E-state index contributed by atoms with van der Waals surface area (Å²) in [6.07, 6.45) is 9.74. The van der Waals surface area contributed by atoms with Crippen molar-refractivity contribution in [1.29, 1.82) is 0 Å². The largest absolute Gasteiger partial charge is 0.300 e. The summed E-state index contributed by atoms with van der Waals surface area (Å²) in [5, 5.41) is 6.61. The molecule has 17 heavy (non-hydrogen) atoms. The lowest BCUT2D eigenvalue weighted by Crippen LogP contribution is -2.03. The summed E-state index contributed by atoms with van der Waals surface area (Å²) >= 11 is 3.46. The molecule has 86 valence electrons. The van der Waals surface area contributed by atoms with Crippen LogP contribution in [0.25, 0.3) is 0 Å². The fraction of sp³-hybridized carbons (Fsp3) is 0. The Hall–Kier alpha value is -1.58. The summed E-state index contributed by atoms with van der Waals surface area (Å²) < 4.78 is 0. The number of hydrogen-bond donors (Lipinski definition) is 0.